The van der Waals surface area contributed by atoms with Crippen LogP contribution in [-0.2, 0) is 22.3 Å². The Balaban J connectivity index is 1.82. The number of methoxy groups -OCH3 is 1. The van der Waals surface area contributed by atoms with Gasteiger partial charge in [-0.2, -0.15) is 17.7 Å². The Bertz CT molecular complexity index is 1690. The van der Waals surface area contributed by atoms with Crippen LogP contribution < -0.4 is 10.3 Å². The summed E-state index contributed by atoms with van der Waals surface area (Å²) >= 11 is 0. The number of nitrogens with zero attached hydrogens (tertiary/aromatic N) is 3. The maximum absolute atomic E-state index is 14.0. The molecule has 0 bridgehead atoms. The summed E-state index contributed by atoms with van der Waals surface area (Å²) < 4.78 is 58.9. The fraction of sp³-hybridized carbons (Fsp3) is 0.167. The summed E-state index contributed by atoms with van der Waals surface area (Å²) in [6.07, 6.45) is -4.85. The van der Waals surface area contributed by atoms with Crippen molar-refractivity contribution < 1.29 is 37.0 Å². The fourth-order valence-electron chi connectivity index (χ4n) is 3.95. The second kappa shape index (κ2) is 9.09. The third-order valence-corrected chi connectivity index (χ3v) is 5.48. The topological polar surface area (TPSA) is 132 Å². The number of hydrogen-bond acceptors (Lipinski definition) is 7. The number of hydrogen-bond donors (Lipinski definition) is 2. The lowest BCUT2D eigenvalue weighted by Crippen LogP contribution is -2.21. The zero-order valence-electron chi connectivity index (χ0n) is 19.0. The Hall–Kier alpha value is -4.65. The van der Waals surface area contributed by atoms with E-state index >= 15 is 0 Å². The van der Waals surface area contributed by atoms with Crippen LogP contribution in [-0.4, -0.2) is 44.4 Å². The first-order valence-corrected chi connectivity index (χ1v) is 10.7. The molecule has 0 spiro atoms. The van der Waals surface area contributed by atoms with Crippen LogP contribution in [0, 0.1) is 0 Å². The van der Waals surface area contributed by atoms with Crippen LogP contribution >= 0.6 is 0 Å². The Morgan fingerprint density at radius 2 is 1.86 bits per heavy atom. The van der Waals surface area contributed by atoms with E-state index < -0.39 is 36.6 Å². The number of carboxylic acids is 1. The number of alkyl halides is 3. The molecule has 5 aromatic rings. The first-order valence-electron chi connectivity index (χ1n) is 10.7. The van der Waals surface area contributed by atoms with Gasteiger partial charge < -0.3 is 19.0 Å². The molecule has 0 unspecified atom stereocenters. The van der Waals surface area contributed by atoms with Crippen molar-refractivity contribution in [2.45, 2.75) is 12.8 Å². The highest BCUT2D eigenvalue weighted by Crippen LogP contribution is 2.39. The number of ether oxygens (including phenoxy) is 2. The number of rotatable bonds is 7. The van der Waals surface area contributed by atoms with Crippen LogP contribution in [0.3, 0.4) is 0 Å². The van der Waals surface area contributed by atoms with E-state index in [1.54, 1.807) is 36.4 Å². The maximum atomic E-state index is 14.0. The number of oxazole rings is 1. The molecule has 37 heavy (non-hydrogen) atoms. The fourth-order valence-corrected chi connectivity index (χ4v) is 3.95. The summed E-state index contributed by atoms with van der Waals surface area (Å²) in [6, 6.07) is 12.5. The van der Waals surface area contributed by atoms with E-state index in [9.17, 15) is 22.8 Å². The van der Waals surface area contributed by atoms with Crippen LogP contribution in [0.1, 0.15) is 11.4 Å². The van der Waals surface area contributed by atoms with Crippen molar-refractivity contribution in [1.82, 2.24) is 19.6 Å². The molecule has 10 nitrogen and oxygen atoms in total. The number of aliphatic carboxylic acids is 1. The number of H-pyrrole nitrogens is 1. The third kappa shape index (κ3) is 4.29. The van der Waals surface area contributed by atoms with Crippen molar-refractivity contribution in [2.24, 2.45) is 0 Å². The molecule has 0 amide bonds. The quantitative estimate of drug-likeness (QED) is 0.332. The van der Waals surface area contributed by atoms with Gasteiger partial charge in [0, 0.05) is 0 Å². The van der Waals surface area contributed by atoms with Crippen molar-refractivity contribution >= 4 is 22.7 Å². The molecule has 0 aliphatic rings. The summed E-state index contributed by atoms with van der Waals surface area (Å²) in [5.41, 5.74) is -2.56. The molecule has 2 N–H and O–H groups in total. The predicted molar refractivity (Wildman–Crippen MR) is 123 cm³/mol. The normalized spacial score (nSPS) is 11.9. The smallest absolute Gasteiger partial charge is 0.433 e. The average molecular weight is 514 g/mol. The number of fused-ring (bicyclic) bond motifs is 2. The van der Waals surface area contributed by atoms with E-state index in [1.807, 2.05) is 0 Å². The average Bonchev–Trinajstić information content (AvgIpc) is 3.46. The molecule has 0 atom stereocenters. The van der Waals surface area contributed by atoms with Gasteiger partial charge in [-0.05, 0) is 17.7 Å². The minimum atomic E-state index is -4.85. The highest BCUT2D eigenvalue weighted by Gasteiger charge is 2.39. The third-order valence-electron chi connectivity index (χ3n) is 5.48. The molecule has 0 aliphatic carbocycles. The Morgan fingerprint density at radius 1 is 1.11 bits per heavy atom. The number of carbonyl (C=O) groups is 1. The molecular formula is C24H17F3N4O6. The number of aromatic nitrogens is 4. The van der Waals surface area contributed by atoms with Crippen molar-refractivity contribution in [3.63, 3.8) is 0 Å². The monoisotopic (exact) mass is 514 g/mol. The lowest BCUT2D eigenvalue weighted by atomic mass is 10.1. The van der Waals surface area contributed by atoms with E-state index in [4.69, 9.17) is 19.0 Å². The van der Waals surface area contributed by atoms with Gasteiger partial charge in [0.2, 0.25) is 5.89 Å². The molecule has 3 aromatic heterocycles. The zero-order valence-corrected chi connectivity index (χ0v) is 19.0. The summed E-state index contributed by atoms with van der Waals surface area (Å²) in [5, 5.41) is 11.1. The number of aromatic amines is 1. The van der Waals surface area contributed by atoms with Gasteiger partial charge in [0.25, 0.3) is 5.56 Å². The molecule has 190 valence electrons. The van der Waals surface area contributed by atoms with E-state index in [0.717, 1.165) is 0 Å². The molecule has 13 heteroatoms. The van der Waals surface area contributed by atoms with Gasteiger partial charge in [0.05, 0.1) is 25.0 Å². The first-order chi connectivity index (χ1) is 17.7. The molecule has 3 heterocycles. The SMILES string of the molecule is COc1cccc2oc(-c3c(COCC(=O)O)nc4c(-c5ccccc5)c(C(F)(F)F)[nH]n4c3=O)nc12. The lowest BCUT2D eigenvalue weighted by molar-refractivity contribution is -0.143. The van der Waals surface area contributed by atoms with E-state index in [2.05, 4.69) is 15.1 Å². The minimum Gasteiger partial charge on any atom is -0.494 e. The number of benzene rings is 2. The van der Waals surface area contributed by atoms with E-state index in [0.29, 0.717) is 10.3 Å². The van der Waals surface area contributed by atoms with E-state index in [1.165, 1.54) is 19.2 Å². The second-order valence-electron chi connectivity index (χ2n) is 7.84. The largest absolute Gasteiger partial charge is 0.494 e. The molecule has 0 radical (unpaired) electrons. The highest BCUT2D eigenvalue weighted by atomic mass is 19.4. The number of nitrogens with one attached hydrogen (secondary N) is 1. The lowest BCUT2D eigenvalue weighted by Gasteiger charge is -2.08. The molecule has 0 aliphatic heterocycles. The molecule has 2 aromatic carbocycles. The van der Waals surface area contributed by atoms with Crippen LogP contribution in [0.4, 0.5) is 13.2 Å². The van der Waals surface area contributed by atoms with Gasteiger partial charge >= 0.3 is 12.1 Å². The van der Waals surface area contributed by atoms with E-state index in [-0.39, 0.29) is 45.0 Å². The summed E-state index contributed by atoms with van der Waals surface area (Å²) in [5.74, 6) is -1.18. The van der Waals surface area contributed by atoms with Crippen molar-refractivity contribution in [3.8, 4) is 28.3 Å². The van der Waals surface area contributed by atoms with Gasteiger partial charge in [-0.3, -0.25) is 9.89 Å². The van der Waals surface area contributed by atoms with Crippen molar-refractivity contribution in [1.29, 1.82) is 0 Å². The number of para-hydroxylation sites is 1. The summed E-state index contributed by atoms with van der Waals surface area (Å²) in [6.45, 7) is -1.24. The molecule has 0 fully saturated rings. The second-order valence-corrected chi connectivity index (χ2v) is 7.84. The van der Waals surface area contributed by atoms with Gasteiger partial charge in [0.15, 0.2) is 16.7 Å². The summed E-state index contributed by atoms with van der Waals surface area (Å²) in [4.78, 5) is 33.2. The van der Waals surface area contributed by atoms with Gasteiger partial charge in [-0.25, -0.2) is 14.8 Å². The standard InChI is InChI=1S/C24H17F3N4O6/c1-35-14-8-5-9-15-19(14)29-22(37-15)18-13(10-36-11-16(32)33)28-21-17(12-6-3-2-4-7-12)20(24(25,26)27)30-31(21)23(18)34/h2-9,30H,10-11H2,1H3,(H,32,33). The van der Waals surface area contributed by atoms with Crippen LogP contribution in [0.5, 0.6) is 5.75 Å². The van der Waals surface area contributed by atoms with Crippen LogP contribution in [0.25, 0.3) is 39.3 Å². The Kier molecular flexibility index (Phi) is 5.91. The highest BCUT2D eigenvalue weighted by molar-refractivity contribution is 5.84. The molecule has 5 rings (SSSR count). The van der Waals surface area contributed by atoms with Gasteiger partial charge in [-0.1, -0.05) is 36.4 Å². The zero-order chi connectivity index (χ0) is 26.3. The maximum Gasteiger partial charge on any atom is 0.433 e. The van der Waals surface area contributed by atoms with Crippen LogP contribution in [0.2, 0.25) is 0 Å². The minimum absolute atomic E-state index is 0.151. The predicted octanol–water partition coefficient (Wildman–Crippen LogP) is 4.13. The first kappa shape index (κ1) is 24.1. The van der Waals surface area contributed by atoms with Crippen LogP contribution in [0.15, 0.2) is 57.7 Å². The van der Waals surface area contributed by atoms with Crippen molar-refractivity contribution in [2.75, 3.05) is 13.7 Å². The molecule has 0 saturated heterocycles. The molecule has 0 saturated carbocycles. The Labute approximate surface area is 204 Å². The number of carboxylic acid groups (broad SMARTS) is 1. The van der Waals surface area contributed by atoms with Gasteiger partial charge in [-0.15, -0.1) is 0 Å². The van der Waals surface area contributed by atoms with Crippen molar-refractivity contribution in [3.05, 3.63) is 70.3 Å². The summed E-state index contributed by atoms with van der Waals surface area (Å²) in [7, 11) is 1.42. The molecular weight excluding hydrogens is 497 g/mol. The van der Waals surface area contributed by atoms with Gasteiger partial charge in [0.1, 0.15) is 23.6 Å². The Morgan fingerprint density at radius 3 is 2.54 bits per heavy atom. The number of halogens is 3.